The van der Waals surface area contributed by atoms with Crippen LogP contribution in [0.1, 0.15) is 44.9 Å². The van der Waals surface area contributed by atoms with Crippen molar-refractivity contribution >= 4 is 15.9 Å². The third kappa shape index (κ3) is 2.46. The lowest BCUT2D eigenvalue weighted by molar-refractivity contribution is -0.137. The molecule has 0 amide bonds. The van der Waals surface area contributed by atoms with Crippen molar-refractivity contribution in [2.75, 3.05) is 6.26 Å². The van der Waals surface area contributed by atoms with E-state index in [1.165, 1.54) is 0 Å². The summed E-state index contributed by atoms with van der Waals surface area (Å²) in [6.45, 7) is 0. The number of carbonyl (C=O) groups is 1. The van der Waals surface area contributed by atoms with Crippen LogP contribution in [0.4, 0.5) is 0 Å². The van der Waals surface area contributed by atoms with Crippen molar-refractivity contribution in [3.8, 4) is 0 Å². The molecule has 0 spiro atoms. The number of carbonyl (C=O) groups excluding carboxylic acids is 1. The van der Waals surface area contributed by atoms with Gasteiger partial charge >= 0.3 is 0 Å². The molecular formula is C11H18O4S. The number of Topliss-reactive ketones (excluding diaryl/α,β-unsaturated/α-hetero) is 1. The summed E-state index contributed by atoms with van der Waals surface area (Å²) >= 11 is 0. The molecule has 0 aliphatic heterocycles. The maximum atomic E-state index is 12.0. The molecule has 0 saturated heterocycles. The molecule has 0 aromatic carbocycles. The fourth-order valence-corrected chi connectivity index (χ4v) is 3.86. The number of ketones is 1. The van der Waals surface area contributed by atoms with Gasteiger partial charge in [0.25, 0.3) is 10.1 Å². The minimum absolute atomic E-state index is 0.0138. The molecule has 0 radical (unpaired) electrons. The summed E-state index contributed by atoms with van der Waals surface area (Å²) in [6.07, 6.45) is 6.55. The minimum Gasteiger partial charge on any atom is -0.296 e. The van der Waals surface area contributed by atoms with Crippen LogP contribution in [-0.2, 0) is 19.1 Å². The lowest BCUT2D eigenvalue weighted by atomic mass is 9.77. The van der Waals surface area contributed by atoms with E-state index in [0.717, 1.165) is 31.9 Å². The normalized spacial score (nSPS) is 35.8. The number of hydrogen-bond acceptors (Lipinski definition) is 4. The van der Waals surface area contributed by atoms with Gasteiger partial charge in [0.1, 0.15) is 5.60 Å². The predicted molar refractivity (Wildman–Crippen MR) is 59.5 cm³/mol. The van der Waals surface area contributed by atoms with E-state index >= 15 is 0 Å². The third-order valence-corrected chi connectivity index (χ3v) is 4.27. The van der Waals surface area contributed by atoms with Crippen molar-refractivity contribution in [2.45, 2.75) is 50.5 Å². The fourth-order valence-electron chi connectivity index (χ4n) is 3.04. The van der Waals surface area contributed by atoms with Crippen molar-refractivity contribution in [3.05, 3.63) is 0 Å². The Morgan fingerprint density at radius 3 is 2.69 bits per heavy atom. The first-order valence-electron chi connectivity index (χ1n) is 5.85. The zero-order valence-corrected chi connectivity index (χ0v) is 10.4. The van der Waals surface area contributed by atoms with Gasteiger partial charge in [-0.3, -0.25) is 8.98 Å². The Bertz CT molecular complexity index is 387. The van der Waals surface area contributed by atoms with Gasteiger partial charge in [0.2, 0.25) is 0 Å². The average molecular weight is 246 g/mol. The largest absolute Gasteiger partial charge is 0.296 e. The van der Waals surface area contributed by atoms with Crippen LogP contribution < -0.4 is 0 Å². The SMILES string of the molecule is CS(=O)(=O)OC12CCCC(CCCC1=O)C2. The van der Waals surface area contributed by atoms with E-state index in [1.807, 2.05) is 0 Å². The van der Waals surface area contributed by atoms with Crippen LogP contribution in [0.25, 0.3) is 0 Å². The van der Waals surface area contributed by atoms with Gasteiger partial charge in [-0.2, -0.15) is 8.42 Å². The molecule has 92 valence electrons. The van der Waals surface area contributed by atoms with Crippen LogP contribution in [0.5, 0.6) is 0 Å². The highest BCUT2D eigenvalue weighted by atomic mass is 32.2. The summed E-state index contributed by atoms with van der Waals surface area (Å²) in [4.78, 5) is 12.0. The zero-order chi connectivity index (χ0) is 11.8. The second-order valence-corrected chi connectivity index (χ2v) is 6.63. The standard InChI is InChI=1S/C11H18O4S/c1-16(13,14)15-11-7-3-5-9(8-11)4-2-6-10(11)12/h9H,2-8H2,1H3. The molecule has 5 heteroatoms. The molecule has 0 aromatic heterocycles. The van der Waals surface area contributed by atoms with Crippen LogP contribution >= 0.6 is 0 Å². The van der Waals surface area contributed by atoms with Crippen LogP contribution in [0.3, 0.4) is 0 Å². The summed E-state index contributed by atoms with van der Waals surface area (Å²) < 4.78 is 27.7. The van der Waals surface area contributed by atoms with E-state index in [0.29, 0.717) is 25.2 Å². The van der Waals surface area contributed by atoms with Crippen molar-refractivity contribution in [3.63, 3.8) is 0 Å². The highest BCUT2D eigenvalue weighted by molar-refractivity contribution is 7.86. The molecule has 0 N–H and O–H groups in total. The maximum absolute atomic E-state index is 12.0. The molecule has 0 aromatic rings. The highest BCUT2D eigenvalue weighted by Crippen LogP contribution is 2.42. The molecule has 2 fully saturated rings. The van der Waals surface area contributed by atoms with Gasteiger partial charge in [0.15, 0.2) is 5.78 Å². The Balaban J connectivity index is 2.29. The Labute approximate surface area is 96.5 Å². The molecule has 2 aliphatic carbocycles. The Hall–Kier alpha value is -0.420. The smallest absolute Gasteiger partial charge is 0.265 e. The highest BCUT2D eigenvalue weighted by Gasteiger charge is 2.47. The summed E-state index contributed by atoms with van der Waals surface area (Å²) in [6, 6.07) is 0. The molecule has 2 unspecified atom stereocenters. The van der Waals surface area contributed by atoms with Crippen molar-refractivity contribution in [1.82, 2.24) is 0 Å². The number of fused-ring (bicyclic) bond motifs is 2. The topological polar surface area (TPSA) is 60.4 Å². The number of rotatable bonds is 2. The predicted octanol–water partition coefficient (Wildman–Crippen LogP) is 1.64. The molecule has 0 heterocycles. The van der Waals surface area contributed by atoms with Crippen LogP contribution in [0.2, 0.25) is 0 Å². The lowest BCUT2D eigenvalue weighted by Gasteiger charge is -2.36. The van der Waals surface area contributed by atoms with Gasteiger partial charge in [-0.05, 0) is 38.0 Å². The van der Waals surface area contributed by atoms with Crippen LogP contribution in [0, 0.1) is 5.92 Å². The van der Waals surface area contributed by atoms with E-state index in [-0.39, 0.29) is 5.78 Å². The summed E-state index contributed by atoms with van der Waals surface area (Å²) in [5.74, 6) is 0.446. The Morgan fingerprint density at radius 1 is 1.31 bits per heavy atom. The maximum Gasteiger partial charge on any atom is 0.265 e. The number of hydrogen-bond donors (Lipinski definition) is 0. The molecule has 4 nitrogen and oxygen atoms in total. The van der Waals surface area contributed by atoms with Crippen LogP contribution in [0.15, 0.2) is 0 Å². The van der Waals surface area contributed by atoms with Crippen molar-refractivity contribution in [1.29, 1.82) is 0 Å². The fraction of sp³-hybridized carbons (Fsp3) is 0.909. The summed E-state index contributed by atoms with van der Waals surface area (Å²) in [7, 11) is -3.55. The first-order chi connectivity index (χ1) is 7.41. The van der Waals surface area contributed by atoms with Crippen molar-refractivity contribution < 1.29 is 17.4 Å². The van der Waals surface area contributed by atoms with Gasteiger partial charge in [-0.1, -0.05) is 6.42 Å². The summed E-state index contributed by atoms with van der Waals surface area (Å²) in [5, 5.41) is 0. The van der Waals surface area contributed by atoms with Gasteiger partial charge in [-0.25, -0.2) is 0 Å². The van der Waals surface area contributed by atoms with E-state index in [1.54, 1.807) is 0 Å². The first kappa shape index (κ1) is 12.0. The monoisotopic (exact) mass is 246 g/mol. The molecule has 2 rings (SSSR count). The minimum atomic E-state index is -3.55. The second-order valence-electron chi connectivity index (χ2n) is 5.06. The Morgan fingerprint density at radius 2 is 2.00 bits per heavy atom. The van der Waals surface area contributed by atoms with Gasteiger partial charge in [0, 0.05) is 6.42 Å². The Kier molecular flexibility index (Phi) is 3.09. The second kappa shape index (κ2) is 4.11. The van der Waals surface area contributed by atoms with E-state index in [9.17, 15) is 13.2 Å². The quantitative estimate of drug-likeness (QED) is 0.695. The molecular weight excluding hydrogens is 228 g/mol. The zero-order valence-electron chi connectivity index (χ0n) is 9.57. The van der Waals surface area contributed by atoms with E-state index < -0.39 is 15.7 Å². The summed E-state index contributed by atoms with van der Waals surface area (Å²) in [5.41, 5.74) is -1.02. The molecule has 2 atom stereocenters. The molecule has 2 aliphatic rings. The third-order valence-electron chi connectivity index (χ3n) is 3.65. The van der Waals surface area contributed by atoms with E-state index in [4.69, 9.17) is 4.18 Å². The lowest BCUT2D eigenvalue weighted by Crippen LogP contribution is -2.45. The van der Waals surface area contributed by atoms with Crippen molar-refractivity contribution in [2.24, 2.45) is 5.92 Å². The molecule has 2 saturated carbocycles. The van der Waals surface area contributed by atoms with Gasteiger partial charge < -0.3 is 0 Å². The molecule has 2 bridgehead atoms. The van der Waals surface area contributed by atoms with Gasteiger partial charge in [-0.15, -0.1) is 0 Å². The first-order valence-corrected chi connectivity index (χ1v) is 7.67. The van der Waals surface area contributed by atoms with E-state index in [2.05, 4.69) is 0 Å². The van der Waals surface area contributed by atoms with Gasteiger partial charge in [0.05, 0.1) is 6.26 Å². The molecule has 16 heavy (non-hydrogen) atoms. The van der Waals surface area contributed by atoms with Crippen LogP contribution in [-0.4, -0.2) is 26.1 Å². The average Bonchev–Trinajstić information content (AvgIpc) is 2.23.